The molecule has 0 unspecified atom stereocenters. The molecule has 2 aliphatic rings. The van der Waals surface area contributed by atoms with Crippen molar-refractivity contribution >= 4 is 35.8 Å². The van der Waals surface area contributed by atoms with E-state index in [-0.39, 0.29) is 29.5 Å². The number of nitrogens with one attached hydrogen (secondary N) is 1. The molecule has 1 N–H and O–H groups in total. The fraction of sp³-hybridized carbons (Fsp3) is 0.571. The van der Waals surface area contributed by atoms with Crippen LogP contribution < -0.4 is 15.8 Å². The monoisotopic (exact) mass is 526 g/mol. The summed E-state index contributed by atoms with van der Waals surface area (Å²) in [6.07, 6.45) is 10.9. The number of aryl methyl sites for hydroxylation is 1. The number of furan rings is 1. The molecule has 1 aliphatic heterocycles. The lowest BCUT2D eigenvalue weighted by Crippen LogP contribution is -2.55. The van der Waals surface area contributed by atoms with Gasteiger partial charge in [0.25, 0.3) is 5.56 Å². The minimum atomic E-state index is -0.0441. The van der Waals surface area contributed by atoms with E-state index in [1.54, 1.807) is 30.3 Å². The fourth-order valence-corrected chi connectivity index (χ4v) is 4.05. The van der Waals surface area contributed by atoms with Crippen LogP contribution in [0.2, 0.25) is 0 Å². The van der Waals surface area contributed by atoms with E-state index in [0.717, 1.165) is 44.3 Å². The Labute approximate surface area is 194 Å². The van der Waals surface area contributed by atoms with Gasteiger partial charge in [0.2, 0.25) is 0 Å². The number of guanidine groups is 1. The minimum absolute atomic E-state index is 0. The number of piperazine rings is 1. The highest BCUT2D eigenvalue weighted by Crippen LogP contribution is 2.18. The van der Waals surface area contributed by atoms with Gasteiger partial charge in [-0.3, -0.25) is 9.79 Å². The lowest BCUT2D eigenvalue weighted by Gasteiger charge is -2.37. The first kappa shape index (κ1) is 22.6. The third kappa shape index (κ3) is 5.55. The third-order valence-electron chi connectivity index (χ3n) is 5.77. The SMILES string of the molecule is Cn1ccnc(N2CCN(C(=NCCc3ccco3)NC3CCCC3)CC2)c1=O.I. The van der Waals surface area contributed by atoms with Crippen LogP contribution in [0.25, 0.3) is 0 Å². The first-order chi connectivity index (χ1) is 14.2. The van der Waals surface area contributed by atoms with Crippen molar-refractivity contribution in [2.24, 2.45) is 12.0 Å². The summed E-state index contributed by atoms with van der Waals surface area (Å²) in [5.74, 6) is 2.48. The van der Waals surface area contributed by atoms with Crippen LogP contribution in [0.4, 0.5) is 5.82 Å². The van der Waals surface area contributed by atoms with E-state index in [1.807, 2.05) is 12.1 Å². The van der Waals surface area contributed by atoms with E-state index in [1.165, 1.54) is 25.7 Å². The number of halogens is 1. The Kier molecular flexibility index (Phi) is 8.17. The van der Waals surface area contributed by atoms with Crippen molar-refractivity contribution in [1.29, 1.82) is 0 Å². The Bertz CT molecular complexity index is 868. The molecule has 164 valence electrons. The molecule has 2 aromatic heterocycles. The van der Waals surface area contributed by atoms with Gasteiger partial charge in [0.05, 0.1) is 6.26 Å². The van der Waals surface area contributed by atoms with Crippen LogP contribution in [0.15, 0.2) is 45.0 Å². The molecule has 0 bridgehead atoms. The van der Waals surface area contributed by atoms with Gasteiger partial charge in [-0.1, -0.05) is 12.8 Å². The highest BCUT2D eigenvalue weighted by molar-refractivity contribution is 14.0. The van der Waals surface area contributed by atoms with E-state index in [9.17, 15) is 4.79 Å². The standard InChI is InChI=1S/C21H30N6O2.HI/c1-25-11-10-22-19(20(25)28)26-12-14-27(15-13-26)21(24-17-5-2-3-6-17)23-9-8-18-7-4-16-29-18;/h4,7,10-11,16-17H,2-3,5-6,8-9,12-15H2,1H3,(H,23,24);1H. The van der Waals surface area contributed by atoms with Crippen LogP contribution in [-0.4, -0.2) is 59.2 Å². The van der Waals surface area contributed by atoms with Crippen molar-refractivity contribution in [2.75, 3.05) is 37.6 Å². The molecule has 8 nitrogen and oxygen atoms in total. The Hall–Kier alpha value is -2.04. The number of anilines is 1. The van der Waals surface area contributed by atoms with Gasteiger partial charge in [-0.15, -0.1) is 24.0 Å². The summed E-state index contributed by atoms with van der Waals surface area (Å²) in [6, 6.07) is 4.42. The van der Waals surface area contributed by atoms with Crippen LogP contribution >= 0.6 is 24.0 Å². The summed E-state index contributed by atoms with van der Waals surface area (Å²) >= 11 is 0. The second-order valence-electron chi connectivity index (χ2n) is 7.80. The molecule has 0 aromatic carbocycles. The van der Waals surface area contributed by atoms with Gasteiger partial charge in [-0.2, -0.15) is 0 Å². The van der Waals surface area contributed by atoms with Crippen molar-refractivity contribution in [2.45, 2.75) is 38.1 Å². The molecule has 1 saturated heterocycles. The van der Waals surface area contributed by atoms with E-state index < -0.39 is 0 Å². The molecule has 2 aromatic rings. The van der Waals surface area contributed by atoms with Crippen LogP contribution in [-0.2, 0) is 13.5 Å². The zero-order valence-electron chi connectivity index (χ0n) is 17.5. The van der Waals surface area contributed by atoms with Gasteiger partial charge in [-0.25, -0.2) is 4.98 Å². The molecule has 3 heterocycles. The quantitative estimate of drug-likeness (QED) is 0.366. The highest BCUT2D eigenvalue weighted by atomic mass is 127. The lowest BCUT2D eigenvalue weighted by atomic mass is 10.2. The zero-order valence-corrected chi connectivity index (χ0v) is 19.8. The minimum Gasteiger partial charge on any atom is -0.469 e. The van der Waals surface area contributed by atoms with Gasteiger partial charge < -0.3 is 24.1 Å². The Morgan fingerprint density at radius 2 is 2.03 bits per heavy atom. The van der Waals surface area contributed by atoms with Crippen molar-refractivity contribution in [3.05, 3.63) is 46.9 Å². The molecule has 9 heteroatoms. The normalized spacial score (nSPS) is 17.8. The van der Waals surface area contributed by atoms with Gasteiger partial charge in [0, 0.05) is 64.6 Å². The summed E-state index contributed by atoms with van der Waals surface area (Å²) in [5.41, 5.74) is -0.0441. The van der Waals surface area contributed by atoms with Crippen molar-refractivity contribution in [1.82, 2.24) is 19.8 Å². The molecule has 0 amide bonds. The zero-order chi connectivity index (χ0) is 20.1. The lowest BCUT2D eigenvalue weighted by molar-refractivity contribution is 0.363. The predicted octanol–water partition coefficient (Wildman–Crippen LogP) is 2.24. The van der Waals surface area contributed by atoms with E-state index in [4.69, 9.17) is 9.41 Å². The maximum Gasteiger partial charge on any atom is 0.293 e. The molecule has 0 atom stereocenters. The third-order valence-corrected chi connectivity index (χ3v) is 5.77. The van der Waals surface area contributed by atoms with Gasteiger partial charge in [-0.05, 0) is 25.0 Å². The number of aliphatic imine (C=N–C) groups is 1. The second kappa shape index (κ2) is 10.8. The van der Waals surface area contributed by atoms with Crippen molar-refractivity contribution < 1.29 is 4.42 Å². The van der Waals surface area contributed by atoms with Gasteiger partial charge in [0.1, 0.15) is 5.76 Å². The molecular formula is C21H31IN6O2. The molecule has 1 saturated carbocycles. The van der Waals surface area contributed by atoms with Gasteiger partial charge in [0.15, 0.2) is 11.8 Å². The predicted molar refractivity (Wildman–Crippen MR) is 129 cm³/mol. The number of hydrogen-bond donors (Lipinski definition) is 1. The fourth-order valence-electron chi connectivity index (χ4n) is 4.05. The second-order valence-corrected chi connectivity index (χ2v) is 7.80. The largest absolute Gasteiger partial charge is 0.469 e. The summed E-state index contributed by atoms with van der Waals surface area (Å²) in [7, 11) is 1.76. The maximum atomic E-state index is 12.4. The molecule has 0 spiro atoms. The Balaban J connectivity index is 0.00000256. The highest BCUT2D eigenvalue weighted by Gasteiger charge is 2.25. The molecular weight excluding hydrogens is 495 g/mol. The average Bonchev–Trinajstić information content (AvgIpc) is 3.44. The molecule has 4 rings (SSSR count). The molecule has 2 fully saturated rings. The van der Waals surface area contributed by atoms with Crippen LogP contribution in [0.1, 0.15) is 31.4 Å². The van der Waals surface area contributed by atoms with E-state index in [2.05, 4.69) is 20.1 Å². The summed E-state index contributed by atoms with van der Waals surface area (Å²) < 4.78 is 7.01. The van der Waals surface area contributed by atoms with E-state index in [0.29, 0.717) is 18.4 Å². The average molecular weight is 526 g/mol. The Morgan fingerprint density at radius 1 is 1.27 bits per heavy atom. The number of hydrogen-bond acceptors (Lipinski definition) is 5. The summed E-state index contributed by atoms with van der Waals surface area (Å²) in [5, 5.41) is 3.69. The smallest absolute Gasteiger partial charge is 0.293 e. The number of rotatable bonds is 5. The van der Waals surface area contributed by atoms with Crippen LogP contribution in [0.5, 0.6) is 0 Å². The molecule has 0 radical (unpaired) electrons. The van der Waals surface area contributed by atoms with Crippen LogP contribution in [0.3, 0.4) is 0 Å². The first-order valence-electron chi connectivity index (χ1n) is 10.6. The van der Waals surface area contributed by atoms with Crippen LogP contribution in [0, 0.1) is 0 Å². The van der Waals surface area contributed by atoms with E-state index >= 15 is 0 Å². The molecule has 1 aliphatic carbocycles. The summed E-state index contributed by atoms with van der Waals surface area (Å²) in [4.78, 5) is 26.0. The molecule has 30 heavy (non-hydrogen) atoms. The Morgan fingerprint density at radius 3 is 2.73 bits per heavy atom. The number of aromatic nitrogens is 2. The maximum absolute atomic E-state index is 12.4. The topological polar surface area (TPSA) is 78.9 Å². The van der Waals surface area contributed by atoms with Crippen molar-refractivity contribution in [3.8, 4) is 0 Å². The first-order valence-corrected chi connectivity index (χ1v) is 10.6. The summed E-state index contributed by atoms with van der Waals surface area (Å²) in [6.45, 7) is 3.85. The number of nitrogens with zero attached hydrogens (tertiary/aromatic N) is 5. The van der Waals surface area contributed by atoms with Gasteiger partial charge >= 0.3 is 0 Å². The van der Waals surface area contributed by atoms with Crippen molar-refractivity contribution in [3.63, 3.8) is 0 Å².